The Hall–Kier alpha value is -2.08. The SMILES string of the molecule is CCC(NC(=O)Nc1ccc2sccc2c1)C(=O)O. The third-order valence-electron chi connectivity index (χ3n) is 2.72. The van der Waals surface area contributed by atoms with Crippen molar-refractivity contribution in [2.45, 2.75) is 19.4 Å². The molecule has 0 bridgehead atoms. The number of urea groups is 1. The molecular weight excluding hydrogens is 264 g/mol. The largest absolute Gasteiger partial charge is 0.480 e. The summed E-state index contributed by atoms with van der Waals surface area (Å²) in [6, 6.07) is 6.15. The summed E-state index contributed by atoms with van der Waals surface area (Å²) in [5.41, 5.74) is 0.642. The number of rotatable bonds is 4. The molecule has 0 aliphatic heterocycles. The van der Waals surface area contributed by atoms with Gasteiger partial charge in [0.1, 0.15) is 6.04 Å². The quantitative estimate of drug-likeness (QED) is 0.804. The van der Waals surface area contributed by atoms with Crippen molar-refractivity contribution in [3.63, 3.8) is 0 Å². The smallest absolute Gasteiger partial charge is 0.326 e. The Balaban J connectivity index is 2.03. The van der Waals surface area contributed by atoms with E-state index in [1.54, 1.807) is 24.3 Å². The third-order valence-corrected chi connectivity index (χ3v) is 3.62. The number of amides is 2. The van der Waals surface area contributed by atoms with Crippen LogP contribution in [0.2, 0.25) is 0 Å². The second kappa shape index (κ2) is 5.71. The molecule has 1 unspecified atom stereocenters. The Morgan fingerprint density at radius 2 is 2.16 bits per heavy atom. The van der Waals surface area contributed by atoms with Crippen LogP contribution in [0.5, 0.6) is 0 Å². The number of carboxylic acids is 1. The average molecular weight is 278 g/mol. The van der Waals surface area contributed by atoms with Crippen molar-refractivity contribution in [1.29, 1.82) is 0 Å². The first-order valence-corrected chi connectivity index (χ1v) is 6.75. The van der Waals surface area contributed by atoms with Crippen LogP contribution in [-0.4, -0.2) is 23.1 Å². The molecule has 2 aromatic rings. The monoisotopic (exact) mass is 278 g/mol. The molecule has 0 aliphatic carbocycles. The number of hydrogen-bond donors (Lipinski definition) is 3. The fraction of sp³-hybridized carbons (Fsp3) is 0.231. The van der Waals surface area contributed by atoms with Gasteiger partial charge < -0.3 is 15.7 Å². The Kier molecular flexibility index (Phi) is 4.01. The number of carboxylic acid groups (broad SMARTS) is 1. The number of nitrogens with one attached hydrogen (secondary N) is 2. The first-order chi connectivity index (χ1) is 9.10. The highest BCUT2D eigenvalue weighted by molar-refractivity contribution is 7.17. The van der Waals surface area contributed by atoms with Gasteiger partial charge in [-0.2, -0.15) is 0 Å². The minimum Gasteiger partial charge on any atom is -0.480 e. The fourth-order valence-corrected chi connectivity index (χ4v) is 2.48. The predicted octanol–water partition coefficient (Wildman–Crippen LogP) is 2.89. The zero-order valence-electron chi connectivity index (χ0n) is 10.3. The summed E-state index contributed by atoms with van der Waals surface area (Å²) in [6.07, 6.45) is 0.340. The van der Waals surface area contributed by atoms with Gasteiger partial charge in [-0.1, -0.05) is 6.92 Å². The molecule has 2 amide bonds. The molecule has 0 saturated heterocycles. The Labute approximate surface area is 114 Å². The van der Waals surface area contributed by atoms with Crippen molar-refractivity contribution in [2.75, 3.05) is 5.32 Å². The molecule has 3 N–H and O–H groups in total. The van der Waals surface area contributed by atoms with E-state index in [4.69, 9.17) is 5.11 Å². The van der Waals surface area contributed by atoms with Crippen molar-refractivity contribution in [2.24, 2.45) is 0 Å². The molecule has 1 aromatic heterocycles. The fourth-order valence-electron chi connectivity index (χ4n) is 1.71. The number of aliphatic carboxylic acids is 1. The minimum absolute atomic E-state index is 0.340. The molecule has 0 radical (unpaired) electrons. The summed E-state index contributed by atoms with van der Waals surface area (Å²) in [5, 5.41) is 16.9. The van der Waals surface area contributed by atoms with Crippen molar-refractivity contribution >= 4 is 39.1 Å². The lowest BCUT2D eigenvalue weighted by Crippen LogP contribution is -2.42. The second-order valence-corrected chi connectivity index (χ2v) is 5.02. The standard InChI is InChI=1S/C13H14N2O3S/c1-2-10(12(16)17)15-13(18)14-9-3-4-11-8(7-9)5-6-19-11/h3-7,10H,2H2,1H3,(H,16,17)(H2,14,15,18). The molecule has 2 rings (SSSR count). The number of carbonyl (C=O) groups is 2. The Bertz CT molecular complexity index is 609. The maximum atomic E-state index is 11.7. The topological polar surface area (TPSA) is 78.4 Å². The second-order valence-electron chi connectivity index (χ2n) is 4.07. The van der Waals surface area contributed by atoms with Crippen molar-refractivity contribution < 1.29 is 14.7 Å². The molecular formula is C13H14N2O3S. The molecule has 100 valence electrons. The van der Waals surface area contributed by atoms with Crippen LogP contribution in [0.1, 0.15) is 13.3 Å². The van der Waals surface area contributed by atoms with Crippen LogP contribution in [0.4, 0.5) is 10.5 Å². The third kappa shape index (κ3) is 3.23. The van der Waals surface area contributed by atoms with Crippen molar-refractivity contribution in [1.82, 2.24) is 5.32 Å². The van der Waals surface area contributed by atoms with Gasteiger partial charge in [-0.25, -0.2) is 9.59 Å². The molecule has 1 aromatic carbocycles. The summed E-state index contributed by atoms with van der Waals surface area (Å²) < 4.78 is 1.14. The van der Waals surface area contributed by atoms with E-state index >= 15 is 0 Å². The summed E-state index contributed by atoms with van der Waals surface area (Å²) in [4.78, 5) is 22.5. The van der Waals surface area contributed by atoms with Crippen molar-refractivity contribution in [3.8, 4) is 0 Å². The van der Waals surface area contributed by atoms with Crippen LogP contribution >= 0.6 is 11.3 Å². The van der Waals surface area contributed by atoms with E-state index in [2.05, 4.69) is 10.6 Å². The van der Waals surface area contributed by atoms with E-state index in [0.29, 0.717) is 12.1 Å². The number of carbonyl (C=O) groups excluding carboxylic acids is 1. The van der Waals surface area contributed by atoms with Crippen molar-refractivity contribution in [3.05, 3.63) is 29.6 Å². The molecule has 1 atom stereocenters. The number of hydrogen-bond acceptors (Lipinski definition) is 3. The summed E-state index contributed by atoms with van der Waals surface area (Å²) >= 11 is 1.63. The van der Waals surface area contributed by atoms with Gasteiger partial charge >= 0.3 is 12.0 Å². The highest BCUT2D eigenvalue weighted by Gasteiger charge is 2.17. The van der Waals surface area contributed by atoms with Crippen LogP contribution in [0.15, 0.2) is 29.6 Å². The van der Waals surface area contributed by atoms with Gasteiger partial charge in [0.05, 0.1) is 0 Å². The zero-order chi connectivity index (χ0) is 13.8. The predicted molar refractivity (Wildman–Crippen MR) is 75.7 cm³/mol. The average Bonchev–Trinajstić information content (AvgIpc) is 2.82. The minimum atomic E-state index is -1.04. The van der Waals surface area contributed by atoms with E-state index < -0.39 is 18.0 Å². The number of anilines is 1. The normalized spacial score (nSPS) is 12.1. The lowest BCUT2D eigenvalue weighted by atomic mass is 10.2. The lowest BCUT2D eigenvalue weighted by molar-refractivity contribution is -0.139. The number of benzene rings is 1. The van der Waals surface area contributed by atoms with Gasteiger partial charge in [-0.15, -0.1) is 11.3 Å². The van der Waals surface area contributed by atoms with Crippen LogP contribution in [0, 0.1) is 0 Å². The van der Waals surface area contributed by atoms with Crippen LogP contribution in [0.25, 0.3) is 10.1 Å². The molecule has 0 spiro atoms. The van der Waals surface area contributed by atoms with Gasteiger partial charge in [-0.05, 0) is 41.5 Å². The highest BCUT2D eigenvalue weighted by atomic mass is 32.1. The number of thiophene rings is 1. The van der Waals surface area contributed by atoms with E-state index in [-0.39, 0.29) is 0 Å². The maximum absolute atomic E-state index is 11.7. The summed E-state index contributed by atoms with van der Waals surface area (Å²) in [7, 11) is 0. The van der Waals surface area contributed by atoms with Crippen LogP contribution in [0.3, 0.4) is 0 Å². The van der Waals surface area contributed by atoms with Gasteiger partial charge in [0.25, 0.3) is 0 Å². The van der Waals surface area contributed by atoms with Crippen LogP contribution < -0.4 is 10.6 Å². The molecule has 5 nitrogen and oxygen atoms in total. The Morgan fingerprint density at radius 1 is 1.37 bits per heavy atom. The molecule has 6 heteroatoms. The zero-order valence-corrected chi connectivity index (χ0v) is 11.2. The van der Waals surface area contributed by atoms with Gasteiger partial charge in [0, 0.05) is 10.4 Å². The van der Waals surface area contributed by atoms with E-state index in [1.165, 1.54) is 0 Å². The molecule has 0 fully saturated rings. The first-order valence-electron chi connectivity index (χ1n) is 5.87. The number of fused-ring (bicyclic) bond motifs is 1. The van der Waals surface area contributed by atoms with Gasteiger partial charge in [-0.3, -0.25) is 0 Å². The molecule has 0 saturated carbocycles. The van der Waals surface area contributed by atoms with Gasteiger partial charge in [0.2, 0.25) is 0 Å². The first kappa shape index (κ1) is 13.4. The molecule has 1 heterocycles. The summed E-state index contributed by atoms with van der Waals surface area (Å²) in [5.74, 6) is -1.04. The Morgan fingerprint density at radius 3 is 2.84 bits per heavy atom. The molecule has 0 aliphatic rings. The van der Waals surface area contributed by atoms with E-state index in [1.807, 2.05) is 23.6 Å². The maximum Gasteiger partial charge on any atom is 0.326 e. The molecule has 19 heavy (non-hydrogen) atoms. The van der Waals surface area contributed by atoms with Gasteiger partial charge in [0.15, 0.2) is 0 Å². The lowest BCUT2D eigenvalue weighted by Gasteiger charge is -2.13. The van der Waals surface area contributed by atoms with E-state index in [9.17, 15) is 9.59 Å². The highest BCUT2D eigenvalue weighted by Crippen LogP contribution is 2.23. The van der Waals surface area contributed by atoms with E-state index in [0.717, 1.165) is 10.1 Å². The van der Waals surface area contributed by atoms with Crippen LogP contribution in [-0.2, 0) is 4.79 Å². The summed E-state index contributed by atoms with van der Waals surface area (Å²) in [6.45, 7) is 1.70.